The van der Waals surface area contributed by atoms with E-state index in [1.54, 1.807) is 0 Å². The molecule has 0 aliphatic heterocycles. The molecule has 1 heteroatoms. The minimum absolute atomic E-state index is 0.237. The summed E-state index contributed by atoms with van der Waals surface area (Å²) in [5, 5.41) is 9.07. The van der Waals surface area contributed by atoms with Crippen molar-refractivity contribution >= 4 is 0 Å². The number of allylic oxidation sites excluding steroid dienone is 1. The lowest BCUT2D eigenvalue weighted by atomic mass is 9.97. The summed E-state index contributed by atoms with van der Waals surface area (Å²) in [6.07, 6.45) is 3.68. The minimum atomic E-state index is 0.237. The molecule has 1 unspecified atom stereocenters. The number of aliphatic hydroxyl groups is 1. The van der Waals surface area contributed by atoms with Crippen LogP contribution in [-0.2, 0) is 6.42 Å². The van der Waals surface area contributed by atoms with Gasteiger partial charge in [0.25, 0.3) is 0 Å². The molecule has 0 saturated carbocycles. The Morgan fingerprint density at radius 3 is 2.54 bits per heavy atom. The van der Waals surface area contributed by atoms with E-state index in [0.29, 0.717) is 5.92 Å². The van der Waals surface area contributed by atoms with Gasteiger partial charge in [0, 0.05) is 6.61 Å². The number of rotatable bonds is 5. The molecule has 0 fully saturated rings. The van der Waals surface area contributed by atoms with Gasteiger partial charge in [-0.15, -0.1) is 6.58 Å². The lowest BCUT2D eigenvalue weighted by Crippen LogP contribution is -2.08. The van der Waals surface area contributed by atoms with Crippen LogP contribution in [-0.4, -0.2) is 11.7 Å². The smallest absolute Gasteiger partial charge is 0.0465 e. The summed E-state index contributed by atoms with van der Waals surface area (Å²) in [6.45, 7) is 3.92. The summed E-state index contributed by atoms with van der Waals surface area (Å²) < 4.78 is 0. The average Bonchev–Trinajstić information content (AvgIpc) is 2.19. The third-order valence-electron chi connectivity index (χ3n) is 2.13. The summed E-state index contributed by atoms with van der Waals surface area (Å²) in [5.74, 6) is 0.319. The molecule has 1 aromatic carbocycles. The second-order valence-electron chi connectivity index (χ2n) is 3.26. The molecule has 0 radical (unpaired) electrons. The second kappa shape index (κ2) is 5.55. The van der Waals surface area contributed by atoms with Crippen LogP contribution < -0.4 is 0 Å². The quantitative estimate of drug-likeness (QED) is 0.683. The normalized spacial score (nSPS) is 12.4. The molecule has 1 aromatic rings. The monoisotopic (exact) mass is 176 g/mol. The maximum Gasteiger partial charge on any atom is 0.0465 e. The molecule has 0 aliphatic carbocycles. The van der Waals surface area contributed by atoms with Gasteiger partial charge in [-0.3, -0.25) is 0 Å². The number of hydrogen-bond acceptors (Lipinski definition) is 1. The van der Waals surface area contributed by atoms with Crippen molar-refractivity contribution in [1.82, 2.24) is 0 Å². The van der Waals surface area contributed by atoms with Crippen molar-refractivity contribution in [3.05, 3.63) is 48.6 Å². The standard InChI is InChI=1S/C12H16O/c1-2-6-12(10-13)9-11-7-4-3-5-8-11/h2-5,7-8,12-13H,1,6,9-10H2. The Balaban J connectivity index is 2.51. The van der Waals surface area contributed by atoms with Crippen LogP contribution >= 0.6 is 0 Å². The zero-order valence-corrected chi connectivity index (χ0v) is 7.82. The van der Waals surface area contributed by atoms with Crippen molar-refractivity contribution in [3.8, 4) is 0 Å². The zero-order chi connectivity index (χ0) is 9.52. The highest BCUT2D eigenvalue weighted by Crippen LogP contribution is 2.11. The van der Waals surface area contributed by atoms with Crippen molar-refractivity contribution in [2.24, 2.45) is 5.92 Å². The number of hydrogen-bond donors (Lipinski definition) is 1. The fourth-order valence-electron chi connectivity index (χ4n) is 1.41. The molecule has 0 spiro atoms. The molecule has 0 amide bonds. The van der Waals surface area contributed by atoms with E-state index in [-0.39, 0.29) is 6.61 Å². The molecule has 0 bridgehead atoms. The Morgan fingerprint density at radius 2 is 2.00 bits per heavy atom. The Labute approximate surface area is 79.7 Å². The average molecular weight is 176 g/mol. The van der Waals surface area contributed by atoms with Crippen molar-refractivity contribution in [2.75, 3.05) is 6.61 Å². The van der Waals surface area contributed by atoms with Gasteiger partial charge in [0.05, 0.1) is 0 Å². The van der Waals surface area contributed by atoms with E-state index in [2.05, 4.69) is 18.7 Å². The van der Waals surface area contributed by atoms with E-state index in [0.717, 1.165) is 12.8 Å². The molecule has 1 nitrogen and oxygen atoms in total. The molecule has 0 saturated heterocycles. The Kier molecular flexibility index (Phi) is 4.27. The molecule has 1 N–H and O–H groups in total. The number of benzene rings is 1. The van der Waals surface area contributed by atoms with Crippen LogP contribution in [0.5, 0.6) is 0 Å². The van der Waals surface area contributed by atoms with Crippen LogP contribution in [0.3, 0.4) is 0 Å². The maximum absolute atomic E-state index is 9.07. The fraction of sp³-hybridized carbons (Fsp3) is 0.333. The largest absolute Gasteiger partial charge is 0.396 e. The van der Waals surface area contributed by atoms with E-state index in [1.165, 1.54) is 5.56 Å². The molecule has 0 aliphatic rings. The van der Waals surface area contributed by atoms with Gasteiger partial charge >= 0.3 is 0 Å². The first-order valence-corrected chi connectivity index (χ1v) is 4.62. The van der Waals surface area contributed by atoms with Crippen molar-refractivity contribution < 1.29 is 5.11 Å². The van der Waals surface area contributed by atoms with E-state index in [4.69, 9.17) is 5.11 Å². The fourth-order valence-corrected chi connectivity index (χ4v) is 1.41. The first kappa shape index (κ1) is 10.0. The third kappa shape index (κ3) is 3.43. The van der Waals surface area contributed by atoms with Crippen LogP contribution in [0.25, 0.3) is 0 Å². The molecule has 0 heterocycles. The molecule has 70 valence electrons. The van der Waals surface area contributed by atoms with Gasteiger partial charge in [-0.2, -0.15) is 0 Å². The topological polar surface area (TPSA) is 20.2 Å². The van der Waals surface area contributed by atoms with E-state index in [9.17, 15) is 0 Å². The van der Waals surface area contributed by atoms with Crippen molar-refractivity contribution in [1.29, 1.82) is 0 Å². The zero-order valence-electron chi connectivity index (χ0n) is 7.82. The van der Waals surface area contributed by atoms with E-state index in [1.807, 2.05) is 24.3 Å². The lowest BCUT2D eigenvalue weighted by Gasteiger charge is -2.11. The molecular formula is C12H16O. The Hall–Kier alpha value is -1.08. The second-order valence-corrected chi connectivity index (χ2v) is 3.26. The summed E-state index contributed by atoms with van der Waals surface area (Å²) in [7, 11) is 0. The van der Waals surface area contributed by atoms with Crippen molar-refractivity contribution in [2.45, 2.75) is 12.8 Å². The molecule has 1 atom stereocenters. The maximum atomic E-state index is 9.07. The highest BCUT2D eigenvalue weighted by Gasteiger charge is 2.05. The first-order chi connectivity index (χ1) is 6.36. The van der Waals surface area contributed by atoms with Gasteiger partial charge in [0.1, 0.15) is 0 Å². The predicted molar refractivity (Wildman–Crippen MR) is 55.5 cm³/mol. The predicted octanol–water partition coefficient (Wildman–Crippen LogP) is 2.41. The van der Waals surface area contributed by atoms with E-state index >= 15 is 0 Å². The Morgan fingerprint density at radius 1 is 1.31 bits per heavy atom. The van der Waals surface area contributed by atoms with Crippen LogP contribution in [0, 0.1) is 5.92 Å². The number of aliphatic hydroxyl groups excluding tert-OH is 1. The van der Waals surface area contributed by atoms with Gasteiger partial charge in [-0.1, -0.05) is 36.4 Å². The van der Waals surface area contributed by atoms with Crippen LogP contribution in [0.1, 0.15) is 12.0 Å². The summed E-state index contributed by atoms with van der Waals surface area (Å²) in [4.78, 5) is 0. The summed E-state index contributed by atoms with van der Waals surface area (Å²) in [6, 6.07) is 10.2. The van der Waals surface area contributed by atoms with Gasteiger partial charge in [0.15, 0.2) is 0 Å². The highest BCUT2D eigenvalue weighted by molar-refractivity contribution is 5.15. The van der Waals surface area contributed by atoms with Crippen LogP contribution in [0.2, 0.25) is 0 Å². The van der Waals surface area contributed by atoms with Gasteiger partial charge in [-0.25, -0.2) is 0 Å². The lowest BCUT2D eigenvalue weighted by molar-refractivity contribution is 0.227. The molecular weight excluding hydrogens is 160 g/mol. The third-order valence-corrected chi connectivity index (χ3v) is 2.13. The van der Waals surface area contributed by atoms with Gasteiger partial charge < -0.3 is 5.11 Å². The Bertz CT molecular complexity index is 241. The molecule has 13 heavy (non-hydrogen) atoms. The van der Waals surface area contributed by atoms with E-state index < -0.39 is 0 Å². The summed E-state index contributed by atoms with van der Waals surface area (Å²) in [5.41, 5.74) is 1.28. The van der Waals surface area contributed by atoms with Crippen molar-refractivity contribution in [3.63, 3.8) is 0 Å². The minimum Gasteiger partial charge on any atom is -0.396 e. The van der Waals surface area contributed by atoms with Crippen LogP contribution in [0.15, 0.2) is 43.0 Å². The highest BCUT2D eigenvalue weighted by atomic mass is 16.3. The molecule has 0 aromatic heterocycles. The first-order valence-electron chi connectivity index (χ1n) is 4.62. The van der Waals surface area contributed by atoms with Gasteiger partial charge in [-0.05, 0) is 24.3 Å². The SMILES string of the molecule is C=CCC(CO)Cc1ccccc1. The molecule has 1 rings (SSSR count). The summed E-state index contributed by atoms with van der Waals surface area (Å²) >= 11 is 0. The van der Waals surface area contributed by atoms with Gasteiger partial charge in [0.2, 0.25) is 0 Å². The van der Waals surface area contributed by atoms with Crippen LogP contribution in [0.4, 0.5) is 0 Å².